The number of hydrazine groups is 1. The molecule has 110 valence electrons. The molecule has 2 N–H and O–H groups in total. The lowest BCUT2D eigenvalue weighted by Crippen LogP contribution is -2.48. The molecule has 4 nitrogen and oxygen atoms in total. The first kappa shape index (κ1) is 14.6. The number of carbonyl (C=O) groups excluding carboxylic acids is 1. The van der Waals surface area contributed by atoms with Gasteiger partial charge < -0.3 is 4.74 Å². The van der Waals surface area contributed by atoms with Gasteiger partial charge in [-0.2, -0.15) is 0 Å². The van der Waals surface area contributed by atoms with Crippen molar-refractivity contribution in [2.45, 2.75) is 83.8 Å². The van der Waals surface area contributed by atoms with Gasteiger partial charge in [0.05, 0.1) is 0 Å². The van der Waals surface area contributed by atoms with E-state index in [0.29, 0.717) is 11.5 Å². The van der Waals surface area contributed by atoms with E-state index >= 15 is 0 Å². The molecule has 2 aliphatic carbocycles. The van der Waals surface area contributed by atoms with Gasteiger partial charge in [0.1, 0.15) is 5.60 Å². The molecule has 2 saturated carbocycles. The van der Waals surface area contributed by atoms with E-state index in [1.54, 1.807) is 0 Å². The Kier molecular flexibility index (Phi) is 4.39. The van der Waals surface area contributed by atoms with Crippen molar-refractivity contribution < 1.29 is 9.53 Å². The zero-order valence-electron chi connectivity index (χ0n) is 12.6. The van der Waals surface area contributed by atoms with Crippen molar-refractivity contribution in [3.05, 3.63) is 0 Å². The average Bonchev–Trinajstić information content (AvgIpc) is 2.75. The van der Waals surface area contributed by atoms with Gasteiger partial charge in [-0.25, -0.2) is 10.2 Å². The van der Waals surface area contributed by atoms with Gasteiger partial charge in [0.2, 0.25) is 0 Å². The van der Waals surface area contributed by atoms with Gasteiger partial charge in [0.15, 0.2) is 0 Å². The van der Waals surface area contributed by atoms with Crippen molar-refractivity contribution in [1.29, 1.82) is 0 Å². The average molecular weight is 268 g/mol. The first-order chi connectivity index (χ1) is 8.89. The largest absolute Gasteiger partial charge is 0.443 e. The first-order valence-corrected chi connectivity index (χ1v) is 7.63. The van der Waals surface area contributed by atoms with Crippen LogP contribution in [0.5, 0.6) is 0 Å². The second-order valence-electron chi connectivity index (χ2n) is 7.25. The predicted molar refractivity (Wildman–Crippen MR) is 75.7 cm³/mol. The molecule has 0 aromatic heterocycles. The van der Waals surface area contributed by atoms with Gasteiger partial charge in [0, 0.05) is 6.04 Å². The third-order valence-electron chi connectivity index (χ3n) is 4.49. The van der Waals surface area contributed by atoms with Crippen molar-refractivity contribution in [2.75, 3.05) is 0 Å². The number of nitrogens with one attached hydrogen (secondary N) is 2. The Labute approximate surface area is 116 Å². The molecule has 0 unspecified atom stereocenters. The number of hydrogen-bond acceptors (Lipinski definition) is 3. The van der Waals surface area contributed by atoms with Gasteiger partial charge in [0.25, 0.3) is 0 Å². The zero-order valence-corrected chi connectivity index (χ0v) is 12.6. The van der Waals surface area contributed by atoms with Crippen LogP contribution >= 0.6 is 0 Å². The Balaban J connectivity index is 1.67. The van der Waals surface area contributed by atoms with Crippen LogP contribution in [0.3, 0.4) is 0 Å². The third-order valence-corrected chi connectivity index (χ3v) is 4.49. The Bertz CT molecular complexity index is 307. The van der Waals surface area contributed by atoms with Crippen LogP contribution in [0.4, 0.5) is 4.79 Å². The second kappa shape index (κ2) is 5.70. The molecule has 2 aliphatic rings. The lowest BCUT2D eigenvalue weighted by Gasteiger charge is -2.37. The molecule has 0 aromatic carbocycles. The second-order valence-corrected chi connectivity index (χ2v) is 7.25. The maximum absolute atomic E-state index is 11.6. The fourth-order valence-electron chi connectivity index (χ4n) is 3.46. The normalized spacial score (nSPS) is 23.5. The smallest absolute Gasteiger partial charge is 0.422 e. The first-order valence-electron chi connectivity index (χ1n) is 7.63. The summed E-state index contributed by atoms with van der Waals surface area (Å²) in [5.41, 5.74) is 6.01. The van der Waals surface area contributed by atoms with Crippen molar-refractivity contribution in [2.24, 2.45) is 5.41 Å². The molecule has 0 atom stereocenters. The van der Waals surface area contributed by atoms with Gasteiger partial charge in [-0.1, -0.05) is 12.8 Å². The van der Waals surface area contributed by atoms with Crippen LogP contribution in [-0.4, -0.2) is 17.7 Å². The lowest BCUT2D eigenvalue weighted by molar-refractivity contribution is 0.0471. The fourth-order valence-corrected chi connectivity index (χ4v) is 3.46. The van der Waals surface area contributed by atoms with Crippen LogP contribution in [0, 0.1) is 5.41 Å². The molecule has 2 fully saturated rings. The highest BCUT2D eigenvalue weighted by Crippen LogP contribution is 2.48. The summed E-state index contributed by atoms with van der Waals surface area (Å²) in [4.78, 5) is 11.6. The summed E-state index contributed by atoms with van der Waals surface area (Å²) in [5, 5.41) is 0. The summed E-state index contributed by atoms with van der Waals surface area (Å²) < 4.78 is 5.21. The van der Waals surface area contributed by atoms with E-state index in [4.69, 9.17) is 4.74 Å². The molecule has 0 heterocycles. The Morgan fingerprint density at radius 1 is 1.11 bits per heavy atom. The minimum Gasteiger partial charge on any atom is -0.443 e. The topological polar surface area (TPSA) is 50.4 Å². The molecule has 0 bridgehead atoms. The Morgan fingerprint density at radius 2 is 1.68 bits per heavy atom. The van der Waals surface area contributed by atoms with Gasteiger partial charge in [-0.15, -0.1) is 0 Å². The highest BCUT2D eigenvalue weighted by molar-refractivity contribution is 5.67. The molecule has 0 aromatic rings. The van der Waals surface area contributed by atoms with Crippen molar-refractivity contribution >= 4 is 6.09 Å². The molecule has 4 heteroatoms. The van der Waals surface area contributed by atoms with Crippen molar-refractivity contribution in [1.82, 2.24) is 10.9 Å². The van der Waals surface area contributed by atoms with Crippen LogP contribution < -0.4 is 10.9 Å². The highest BCUT2D eigenvalue weighted by Gasteiger charge is 2.37. The summed E-state index contributed by atoms with van der Waals surface area (Å²) in [6.07, 6.45) is 10.2. The molecule has 1 amide bonds. The van der Waals surface area contributed by atoms with E-state index < -0.39 is 5.60 Å². The molecule has 0 aliphatic heterocycles. The SMILES string of the molecule is CC(C)(C)OC(=O)NNC1CCC2(CCCC2)CC1. The molecule has 1 spiro atoms. The van der Waals surface area contributed by atoms with Crippen molar-refractivity contribution in [3.63, 3.8) is 0 Å². The zero-order chi connectivity index (χ0) is 13.9. The Hall–Kier alpha value is -0.770. The number of amides is 1. The molecule has 0 saturated heterocycles. The van der Waals surface area contributed by atoms with Crippen LogP contribution in [0.15, 0.2) is 0 Å². The number of carbonyl (C=O) groups is 1. The van der Waals surface area contributed by atoms with Crippen LogP contribution in [0.1, 0.15) is 72.1 Å². The van der Waals surface area contributed by atoms with E-state index in [2.05, 4.69) is 10.9 Å². The summed E-state index contributed by atoms with van der Waals surface area (Å²) in [5.74, 6) is 0. The van der Waals surface area contributed by atoms with Crippen LogP contribution in [0.2, 0.25) is 0 Å². The summed E-state index contributed by atoms with van der Waals surface area (Å²) in [6.45, 7) is 5.62. The van der Waals surface area contributed by atoms with E-state index in [9.17, 15) is 4.79 Å². The third kappa shape index (κ3) is 4.37. The molecular weight excluding hydrogens is 240 g/mol. The van der Waals surface area contributed by atoms with E-state index in [1.807, 2.05) is 20.8 Å². The maximum atomic E-state index is 11.6. The van der Waals surface area contributed by atoms with Gasteiger partial charge >= 0.3 is 6.09 Å². The molecular formula is C15H28N2O2. The van der Waals surface area contributed by atoms with Crippen LogP contribution in [-0.2, 0) is 4.74 Å². The Morgan fingerprint density at radius 3 is 2.21 bits per heavy atom. The maximum Gasteiger partial charge on any atom is 0.422 e. The number of rotatable bonds is 2. The molecule has 0 radical (unpaired) electrons. The number of hydrogen-bond donors (Lipinski definition) is 2. The molecule has 2 rings (SSSR count). The summed E-state index contributed by atoms with van der Waals surface area (Å²) >= 11 is 0. The molecule has 19 heavy (non-hydrogen) atoms. The predicted octanol–water partition coefficient (Wildman–Crippen LogP) is 3.52. The monoisotopic (exact) mass is 268 g/mol. The summed E-state index contributed by atoms with van der Waals surface area (Å²) in [6, 6.07) is 0.402. The number of ether oxygens (including phenoxy) is 1. The standard InChI is InChI=1S/C15H28N2O2/c1-14(2,3)19-13(18)17-16-12-6-10-15(11-7-12)8-4-5-9-15/h12,16H,4-11H2,1-3H3,(H,17,18). The minimum atomic E-state index is -0.438. The lowest BCUT2D eigenvalue weighted by atomic mass is 9.71. The van der Waals surface area contributed by atoms with Gasteiger partial charge in [-0.05, 0) is 64.7 Å². The van der Waals surface area contributed by atoms with E-state index in [1.165, 1.54) is 38.5 Å². The van der Waals surface area contributed by atoms with E-state index in [0.717, 1.165) is 12.8 Å². The van der Waals surface area contributed by atoms with Crippen LogP contribution in [0.25, 0.3) is 0 Å². The van der Waals surface area contributed by atoms with Crippen molar-refractivity contribution in [3.8, 4) is 0 Å². The van der Waals surface area contributed by atoms with E-state index in [-0.39, 0.29) is 6.09 Å². The minimum absolute atomic E-state index is 0.381. The summed E-state index contributed by atoms with van der Waals surface area (Å²) in [7, 11) is 0. The fraction of sp³-hybridized carbons (Fsp3) is 0.933. The van der Waals surface area contributed by atoms with Gasteiger partial charge in [-0.3, -0.25) is 5.43 Å². The quantitative estimate of drug-likeness (QED) is 0.753. The highest BCUT2D eigenvalue weighted by atomic mass is 16.6.